The first-order valence-corrected chi connectivity index (χ1v) is 7.09. The summed E-state index contributed by atoms with van der Waals surface area (Å²) in [6.07, 6.45) is 2.28. The summed E-state index contributed by atoms with van der Waals surface area (Å²) < 4.78 is 7.03. The van der Waals surface area contributed by atoms with Crippen LogP contribution in [0.5, 0.6) is 0 Å². The average molecular weight is 364 g/mol. The molecule has 2 aromatic rings. The molecule has 0 aliphatic carbocycles. The summed E-state index contributed by atoms with van der Waals surface area (Å²) in [7, 11) is 0. The quantitative estimate of drug-likeness (QED) is 0.742. The molecule has 0 aromatic carbocycles. The minimum Gasteiger partial charge on any atom is -0.469 e. The third-order valence-corrected chi connectivity index (χ3v) is 4.55. The summed E-state index contributed by atoms with van der Waals surface area (Å²) >= 11 is 8.24. The molecule has 2 rings (SSSR count). The maximum absolute atomic E-state index is 12.2. The Morgan fingerprint density at radius 2 is 2.19 bits per heavy atom. The molecule has 0 aliphatic heterocycles. The molecule has 16 heavy (non-hydrogen) atoms. The molecule has 0 saturated carbocycles. The minimum atomic E-state index is -0.000532. The molecule has 0 saturated heterocycles. The number of aryl methyl sites for hydroxylation is 1. The number of carbonyl (C=O) groups is 1. The van der Waals surface area contributed by atoms with Gasteiger partial charge in [-0.15, -0.1) is 11.3 Å². The summed E-state index contributed by atoms with van der Waals surface area (Å²) in [4.78, 5) is 12.2. The lowest BCUT2D eigenvalue weighted by Gasteiger charge is -1.98. The molecule has 0 N–H and O–H groups in total. The van der Waals surface area contributed by atoms with E-state index in [0.29, 0.717) is 11.1 Å². The van der Waals surface area contributed by atoms with Crippen molar-refractivity contribution >= 4 is 49.0 Å². The lowest BCUT2D eigenvalue weighted by Crippen LogP contribution is -2.01. The smallest absolute Gasteiger partial charge is 0.198 e. The van der Waals surface area contributed by atoms with Gasteiger partial charge in [0.1, 0.15) is 5.76 Å². The van der Waals surface area contributed by atoms with Crippen LogP contribution in [0.2, 0.25) is 0 Å². The molecule has 2 heterocycles. The molecule has 84 valence electrons. The molecular formula is C11H8Br2O2S. The van der Waals surface area contributed by atoms with E-state index in [2.05, 4.69) is 31.9 Å². The van der Waals surface area contributed by atoms with Gasteiger partial charge in [-0.1, -0.05) is 6.92 Å². The van der Waals surface area contributed by atoms with Gasteiger partial charge in [-0.3, -0.25) is 4.79 Å². The van der Waals surface area contributed by atoms with Gasteiger partial charge in [0, 0.05) is 12.0 Å². The van der Waals surface area contributed by atoms with Crippen LogP contribution in [-0.4, -0.2) is 5.78 Å². The van der Waals surface area contributed by atoms with Gasteiger partial charge in [0.15, 0.2) is 5.78 Å². The molecule has 0 spiro atoms. The third kappa shape index (κ3) is 2.17. The number of furan rings is 1. The van der Waals surface area contributed by atoms with Gasteiger partial charge in [-0.05, 0) is 44.0 Å². The standard InChI is InChI=1S/C11H8Br2O2S/c1-2-8-6(3-4-15-8)10(14)7-5-9(12)16-11(7)13/h3-5H,2H2,1H3. The fraction of sp³-hybridized carbons (Fsp3) is 0.182. The summed E-state index contributed by atoms with van der Waals surface area (Å²) in [5.74, 6) is 0.735. The topological polar surface area (TPSA) is 30.2 Å². The van der Waals surface area contributed by atoms with Crippen LogP contribution in [0, 0.1) is 0 Å². The van der Waals surface area contributed by atoms with Crippen molar-refractivity contribution in [3.05, 3.63) is 42.9 Å². The van der Waals surface area contributed by atoms with E-state index in [4.69, 9.17) is 4.42 Å². The molecule has 2 aromatic heterocycles. The summed E-state index contributed by atoms with van der Waals surface area (Å²) in [5.41, 5.74) is 1.32. The van der Waals surface area contributed by atoms with Crippen LogP contribution in [0.3, 0.4) is 0 Å². The van der Waals surface area contributed by atoms with E-state index < -0.39 is 0 Å². The predicted molar refractivity (Wildman–Crippen MR) is 71.2 cm³/mol. The number of rotatable bonds is 3. The molecule has 0 unspecified atom stereocenters. The van der Waals surface area contributed by atoms with Crippen molar-refractivity contribution < 1.29 is 9.21 Å². The van der Waals surface area contributed by atoms with Crippen molar-refractivity contribution in [2.24, 2.45) is 0 Å². The number of halogens is 2. The zero-order valence-corrected chi connectivity index (χ0v) is 12.4. The maximum Gasteiger partial charge on any atom is 0.198 e. The van der Waals surface area contributed by atoms with Gasteiger partial charge in [0.25, 0.3) is 0 Å². The SMILES string of the molecule is CCc1occc1C(=O)c1cc(Br)sc1Br. The van der Waals surface area contributed by atoms with Crippen LogP contribution in [0.4, 0.5) is 0 Å². The van der Waals surface area contributed by atoms with Gasteiger partial charge in [0.05, 0.1) is 19.4 Å². The fourth-order valence-corrected chi connectivity index (χ4v) is 4.25. The Morgan fingerprint density at radius 3 is 2.75 bits per heavy atom. The number of hydrogen-bond acceptors (Lipinski definition) is 3. The van der Waals surface area contributed by atoms with Crippen LogP contribution in [0.25, 0.3) is 0 Å². The first-order valence-electron chi connectivity index (χ1n) is 4.69. The normalized spacial score (nSPS) is 10.7. The molecule has 0 radical (unpaired) electrons. The van der Waals surface area contributed by atoms with Gasteiger partial charge in [-0.2, -0.15) is 0 Å². The van der Waals surface area contributed by atoms with Gasteiger partial charge in [0.2, 0.25) is 0 Å². The van der Waals surface area contributed by atoms with E-state index in [1.165, 1.54) is 11.3 Å². The molecule has 0 fully saturated rings. The van der Waals surface area contributed by atoms with Crippen molar-refractivity contribution in [2.45, 2.75) is 13.3 Å². The van der Waals surface area contributed by atoms with Gasteiger partial charge in [-0.25, -0.2) is 0 Å². The summed E-state index contributed by atoms with van der Waals surface area (Å²) in [6, 6.07) is 3.54. The van der Waals surface area contributed by atoms with Gasteiger partial charge >= 0.3 is 0 Å². The van der Waals surface area contributed by atoms with Crippen molar-refractivity contribution in [2.75, 3.05) is 0 Å². The Morgan fingerprint density at radius 1 is 1.44 bits per heavy atom. The van der Waals surface area contributed by atoms with Crippen LogP contribution in [0.15, 0.2) is 30.4 Å². The van der Waals surface area contributed by atoms with Crippen molar-refractivity contribution in [3.8, 4) is 0 Å². The predicted octanol–water partition coefficient (Wildman–Crippen LogP) is 4.66. The maximum atomic E-state index is 12.2. The highest BCUT2D eigenvalue weighted by atomic mass is 79.9. The number of carbonyl (C=O) groups excluding carboxylic acids is 1. The third-order valence-electron chi connectivity index (χ3n) is 2.21. The number of ketones is 1. The molecule has 5 heteroatoms. The first-order chi connectivity index (χ1) is 7.63. The van der Waals surface area contributed by atoms with Gasteiger partial charge < -0.3 is 4.42 Å². The summed E-state index contributed by atoms with van der Waals surface area (Å²) in [6.45, 7) is 1.97. The highest BCUT2D eigenvalue weighted by Gasteiger charge is 2.19. The van der Waals surface area contributed by atoms with Crippen LogP contribution in [-0.2, 0) is 6.42 Å². The highest BCUT2D eigenvalue weighted by Crippen LogP contribution is 2.33. The molecule has 0 atom stereocenters. The molecule has 0 amide bonds. The average Bonchev–Trinajstić information content (AvgIpc) is 2.83. The lowest BCUT2D eigenvalue weighted by molar-refractivity contribution is 0.103. The zero-order valence-electron chi connectivity index (χ0n) is 8.42. The largest absolute Gasteiger partial charge is 0.469 e. The molecule has 2 nitrogen and oxygen atoms in total. The second-order valence-corrected chi connectivity index (χ2v) is 6.93. The monoisotopic (exact) mass is 362 g/mol. The minimum absolute atomic E-state index is 0.000532. The van der Waals surface area contributed by atoms with Crippen molar-refractivity contribution in [1.29, 1.82) is 0 Å². The van der Waals surface area contributed by atoms with Crippen LogP contribution < -0.4 is 0 Å². The summed E-state index contributed by atoms with van der Waals surface area (Å²) in [5, 5.41) is 0. The fourth-order valence-electron chi connectivity index (χ4n) is 1.46. The second-order valence-electron chi connectivity index (χ2n) is 3.18. The van der Waals surface area contributed by atoms with Crippen molar-refractivity contribution in [1.82, 2.24) is 0 Å². The first kappa shape index (κ1) is 12.1. The molecule has 0 aliphatic rings. The molecule has 0 bridgehead atoms. The van der Waals surface area contributed by atoms with E-state index in [0.717, 1.165) is 19.8 Å². The van der Waals surface area contributed by atoms with E-state index in [1.807, 2.05) is 13.0 Å². The zero-order chi connectivity index (χ0) is 11.7. The number of hydrogen-bond donors (Lipinski definition) is 0. The van der Waals surface area contributed by atoms with Crippen LogP contribution in [0.1, 0.15) is 28.6 Å². The van der Waals surface area contributed by atoms with E-state index in [9.17, 15) is 4.79 Å². The van der Waals surface area contributed by atoms with E-state index in [1.54, 1.807) is 12.3 Å². The van der Waals surface area contributed by atoms with Crippen LogP contribution >= 0.6 is 43.2 Å². The second kappa shape index (κ2) is 4.85. The lowest BCUT2D eigenvalue weighted by atomic mass is 10.1. The Balaban J connectivity index is 2.43. The molecular weight excluding hydrogens is 356 g/mol. The highest BCUT2D eigenvalue weighted by molar-refractivity contribution is 9.12. The number of thiophene rings is 1. The Hall–Kier alpha value is -0.390. The Kier molecular flexibility index (Phi) is 3.66. The Labute approximate surface area is 114 Å². The van der Waals surface area contributed by atoms with Crippen molar-refractivity contribution in [3.63, 3.8) is 0 Å². The van der Waals surface area contributed by atoms with E-state index >= 15 is 0 Å². The Bertz CT molecular complexity index is 528. The van der Waals surface area contributed by atoms with E-state index in [-0.39, 0.29) is 5.78 Å².